The summed E-state index contributed by atoms with van der Waals surface area (Å²) in [5.41, 5.74) is 2.42. The Balaban J connectivity index is 2.38. The number of aliphatic hydroxyl groups is 2. The van der Waals surface area contributed by atoms with Gasteiger partial charge in [-0.1, -0.05) is 24.3 Å². The highest BCUT2D eigenvalue weighted by molar-refractivity contribution is 5.38. The molecule has 0 aliphatic heterocycles. The summed E-state index contributed by atoms with van der Waals surface area (Å²) < 4.78 is 0. The van der Waals surface area contributed by atoms with Gasteiger partial charge in [0.15, 0.2) is 0 Å². The van der Waals surface area contributed by atoms with E-state index in [2.05, 4.69) is 0 Å². The van der Waals surface area contributed by atoms with Crippen LogP contribution in [0, 0.1) is 0 Å². The lowest BCUT2D eigenvalue weighted by molar-refractivity contribution is 0.234. The summed E-state index contributed by atoms with van der Waals surface area (Å²) in [5.74, 6) is 0.460. The highest BCUT2D eigenvalue weighted by Crippen LogP contribution is 2.40. The maximum absolute atomic E-state index is 9.14. The van der Waals surface area contributed by atoms with E-state index in [1.165, 1.54) is 11.1 Å². The fourth-order valence-electron chi connectivity index (χ4n) is 2.20. The number of hydrogen-bond donors (Lipinski definition) is 2. The van der Waals surface area contributed by atoms with Crippen LogP contribution in [0.3, 0.4) is 0 Å². The van der Waals surface area contributed by atoms with Crippen LogP contribution in [0.15, 0.2) is 24.3 Å². The van der Waals surface area contributed by atoms with Crippen molar-refractivity contribution in [3.8, 4) is 0 Å². The summed E-state index contributed by atoms with van der Waals surface area (Å²) in [4.78, 5) is 0. The van der Waals surface area contributed by atoms with Gasteiger partial charge in [-0.2, -0.15) is 0 Å². The van der Waals surface area contributed by atoms with Crippen molar-refractivity contribution in [1.29, 1.82) is 0 Å². The van der Waals surface area contributed by atoms with Crippen LogP contribution in [-0.4, -0.2) is 23.4 Å². The first-order chi connectivity index (χ1) is 6.36. The van der Waals surface area contributed by atoms with E-state index in [9.17, 15) is 0 Å². The lowest BCUT2D eigenvalue weighted by Gasteiger charge is -2.05. The van der Waals surface area contributed by atoms with E-state index in [0.717, 1.165) is 6.42 Å². The Bertz CT molecular complexity index is 267. The van der Waals surface area contributed by atoms with Crippen LogP contribution < -0.4 is 0 Å². The van der Waals surface area contributed by atoms with Crippen LogP contribution in [0.4, 0.5) is 0 Å². The molecule has 1 aliphatic carbocycles. The molecule has 0 saturated heterocycles. The molecule has 0 amide bonds. The van der Waals surface area contributed by atoms with Gasteiger partial charge in [0.05, 0.1) is 0 Å². The van der Waals surface area contributed by atoms with Gasteiger partial charge in [0.2, 0.25) is 0 Å². The van der Waals surface area contributed by atoms with E-state index >= 15 is 0 Å². The molecule has 2 rings (SSSR count). The van der Waals surface area contributed by atoms with Crippen LogP contribution in [0.5, 0.6) is 0 Å². The fraction of sp³-hybridized carbons (Fsp3) is 0.455. The van der Waals surface area contributed by atoms with Crippen molar-refractivity contribution < 1.29 is 10.2 Å². The molecule has 0 saturated carbocycles. The maximum atomic E-state index is 9.14. The molecule has 0 fully saturated rings. The minimum Gasteiger partial charge on any atom is -0.396 e. The molecular weight excluding hydrogens is 164 g/mol. The zero-order valence-corrected chi connectivity index (χ0v) is 7.48. The van der Waals surface area contributed by atoms with Gasteiger partial charge in [-0.05, 0) is 17.5 Å². The Morgan fingerprint density at radius 1 is 1.00 bits per heavy atom. The van der Waals surface area contributed by atoms with Crippen LogP contribution >= 0.6 is 0 Å². The molecule has 1 aromatic carbocycles. The normalized spacial score (nSPS) is 26.0. The first-order valence-electron chi connectivity index (χ1n) is 4.67. The highest BCUT2D eigenvalue weighted by atomic mass is 16.3. The second-order valence-electron chi connectivity index (χ2n) is 3.62. The summed E-state index contributed by atoms with van der Waals surface area (Å²) in [7, 11) is 0. The SMILES string of the molecule is OC[C@@H]1C[C@H](CO)c2ccccc21. The number of fused-ring (bicyclic) bond motifs is 1. The van der Waals surface area contributed by atoms with E-state index < -0.39 is 0 Å². The van der Waals surface area contributed by atoms with Gasteiger partial charge >= 0.3 is 0 Å². The number of benzene rings is 1. The zero-order chi connectivity index (χ0) is 9.26. The Morgan fingerprint density at radius 3 is 1.85 bits per heavy atom. The topological polar surface area (TPSA) is 40.5 Å². The second kappa shape index (κ2) is 3.48. The summed E-state index contributed by atoms with van der Waals surface area (Å²) in [6.45, 7) is 0.376. The molecule has 2 heteroatoms. The van der Waals surface area contributed by atoms with Gasteiger partial charge in [0, 0.05) is 25.0 Å². The molecule has 70 valence electrons. The second-order valence-corrected chi connectivity index (χ2v) is 3.62. The lowest BCUT2D eigenvalue weighted by Crippen LogP contribution is -2.01. The van der Waals surface area contributed by atoms with Crippen molar-refractivity contribution in [3.05, 3.63) is 35.4 Å². The van der Waals surface area contributed by atoms with Crippen LogP contribution in [-0.2, 0) is 0 Å². The minimum atomic E-state index is 0.188. The van der Waals surface area contributed by atoms with Crippen molar-refractivity contribution in [2.24, 2.45) is 0 Å². The van der Waals surface area contributed by atoms with Crippen molar-refractivity contribution in [1.82, 2.24) is 0 Å². The van der Waals surface area contributed by atoms with Crippen LogP contribution in [0.1, 0.15) is 29.4 Å². The third-order valence-electron chi connectivity index (χ3n) is 2.89. The molecule has 0 heterocycles. The minimum absolute atomic E-state index is 0.188. The molecule has 1 aliphatic rings. The fourth-order valence-corrected chi connectivity index (χ4v) is 2.20. The van der Waals surface area contributed by atoms with E-state index in [4.69, 9.17) is 10.2 Å². The van der Waals surface area contributed by atoms with Gasteiger partial charge in [0.25, 0.3) is 0 Å². The summed E-state index contributed by atoms with van der Waals surface area (Å²) >= 11 is 0. The van der Waals surface area contributed by atoms with E-state index in [0.29, 0.717) is 0 Å². The predicted molar refractivity (Wildman–Crippen MR) is 50.7 cm³/mol. The van der Waals surface area contributed by atoms with Gasteiger partial charge in [-0.15, -0.1) is 0 Å². The smallest absolute Gasteiger partial charge is 0.0500 e. The van der Waals surface area contributed by atoms with Crippen molar-refractivity contribution in [2.45, 2.75) is 18.3 Å². The molecule has 2 nitrogen and oxygen atoms in total. The Labute approximate surface area is 77.8 Å². The average Bonchev–Trinajstić information content (AvgIpc) is 2.56. The van der Waals surface area contributed by atoms with Gasteiger partial charge < -0.3 is 10.2 Å². The number of hydrogen-bond acceptors (Lipinski definition) is 2. The first-order valence-corrected chi connectivity index (χ1v) is 4.67. The summed E-state index contributed by atoms with van der Waals surface area (Å²) in [5, 5.41) is 18.3. The van der Waals surface area contributed by atoms with E-state index in [1.807, 2.05) is 24.3 Å². The average molecular weight is 178 g/mol. The van der Waals surface area contributed by atoms with E-state index in [-0.39, 0.29) is 25.0 Å². The van der Waals surface area contributed by atoms with Crippen LogP contribution in [0.2, 0.25) is 0 Å². The quantitative estimate of drug-likeness (QED) is 0.715. The van der Waals surface area contributed by atoms with E-state index in [1.54, 1.807) is 0 Å². The first kappa shape index (κ1) is 8.73. The Hall–Kier alpha value is -0.860. The van der Waals surface area contributed by atoms with Gasteiger partial charge in [-0.25, -0.2) is 0 Å². The highest BCUT2D eigenvalue weighted by Gasteiger charge is 2.29. The molecule has 0 unspecified atom stereocenters. The molecule has 13 heavy (non-hydrogen) atoms. The maximum Gasteiger partial charge on any atom is 0.0500 e. The molecule has 2 atom stereocenters. The Kier molecular flexibility index (Phi) is 2.34. The molecule has 2 N–H and O–H groups in total. The molecule has 0 radical (unpaired) electrons. The standard InChI is InChI=1S/C11H14O2/c12-6-8-5-9(7-13)11-4-2-1-3-10(8)11/h1-4,8-9,12-13H,5-7H2/t8-,9+. The molecule has 0 aromatic heterocycles. The van der Waals surface area contributed by atoms with Gasteiger partial charge in [0.1, 0.15) is 0 Å². The zero-order valence-electron chi connectivity index (χ0n) is 7.48. The summed E-state index contributed by atoms with van der Waals surface area (Å²) in [6.07, 6.45) is 0.881. The van der Waals surface area contributed by atoms with Gasteiger partial charge in [-0.3, -0.25) is 0 Å². The predicted octanol–water partition coefficient (Wildman–Crippen LogP) is 1.24. The van der Waals surface area contributed by atoms with Crippen molar-refractivity contribution in [3.63, 3.8) is 0 Å². The Morgan fingerprint density at radius 2 is 1.46 bits per heavy atom. The number of rotatable bonds is 2. The molecule has 0 spiro atoms. The van der Waals surface area contributed by atoms with Crippen molar-refractivity contribution >= 4 is 0 Å². The largest absolute Gasteiger partial charge is 0.396 e. The molecular formula is C11H14O2. The lowest BCUT2D eigenvalue weighted by atomic mass is 10.0. The summed E-state index contributed by atoms with van der Waals surface area (Å²) in [6, 6.07) is 8.07. The monoisotopic (exact) mass is 178 g/mol. The van der Waals surface area contributed by atoms with Crippen LogP contribution in [0.25, 0.3) is 0 Å². The third kappa shape index (κ3) is 1.36. The molecule has 0 bridgehead atoms. The molecule has 1 aromatic rings. The third-order valence-corrected chi connectivity index (χ3v) is 2.89. The number of aliphatic hydroxyl groups excluding tert-OH is 2. The van der Waals surface area contributed by atoms with Crippen molar-refractivity contribution in [2.75, 3.05) is 13.2 Å².